The smallest absolute Gasteiger partial charge is 0.117 e. The summed E-state index contributed by atoms with van der Waals surface area (Å²) in [4.78, 5) is 8.69. The fraction of sp³-hybridized carbons (Fsp3) is 0.143. The molecule has 0 bridgehead atoms. The van der Waals surface area contributed by atoms with Crippen molar-refractivity contribution in [2.24, 2.45) is 5.73 Å². The van der Waals surface area contributed by atoms with Crippen LogP contribution in [0.1, 0.15) is 10.8 Å². The van der Waals surface area contributed by atoms with Crippen LogP contribution in [0.4, 0.5) is 0 Å². The lowest BCUT2D eigenvalue weighted by Crippen LogP contribution is -2.08. The minimum absolute atomic E-state index is 0.240. The van der Waals surface area contributed by atoms with Gasteiger partial charge in [-0.3, -0.25) is 0 Å². The highest BCUT2D eigenvalue weighted by Gasteiger charge is 2.14. The summed E-state index contributed by atoms with van der Waals surface area (Å²) in [6.07, 6.45) is 1.62. The second kappa shape index (κ2) is 5.69. The second-order valence-corrected chi connectivity index (χ2v) is 6.07. The molecule has 1 aromatic carbocycles. The SMILES string of the molecule is NCC(Sc1ncnc2ccccc12)c1ccsc1. The van der Waals surface area contributed by atoms with Gasteiger partial charge in [-0.05, 0) is 28.5 Å². The quantitative estimate of drug-likeness (QED) is 0.589. The molecule has 0 spiro atoms. The molecule has 2 aromatic heterocycles. The lowest BCUT2D eigenvalue weighted by atomic mass is 10.2. The van der Waals surface area contributed by atoms with Crippen LogP contribution in [0, 0.1) is 0 Å². The predicted molar refractivity (Wildman–Crippen MR) is 81.5 cm³/mol. The number of thioether (sulfide) groups is 1. The first-order chi connectivity index (χ1) is 9.38. The van der Waals surface area contributed by atoms with Gasteiger partial charge in [-0.15, -0.1) is 0 Å². The second-order valence-electron chi connectivity index (χ2n) is 4.09. The van der Waals surface area contributed by atoms with Crippen LogP contribution in [0.3, 0.4) is 0 Å². The van der Waals surface area contributed by atoms with Gasteiger partial charge in [0.2, 0.25) is 0 Å². The fourth-order valence-corrected chi connectivity index (χ4v) is 3.78. The van der Waals surface area contributed by atoms with Crippen LogP contribution in [0.2, 0.25) is 0 Å². The summed E-state index contributed by atoms with van der Waals surface area (Å²) in [6.45, 7) is 0.597. The van der Waals surface area contributed by atoms with Gasteiger partial charge in [-0.1, -0.05) is 30.0 Å². The summed E-state index contributed by atoms with van der Waals surface area (Å²) in [5.74, 6) is 0. The molecule has 96 valence electrons. The first kappa shape index (κ1) is 12.6. The van der Waals surface area contributed by atoms with Gasteiger partial charge < -0.3 is 5.73 Å². The van der Waals surface area contributed by atoms with Crippen molar-refractivity contribution in [2.45, 2.75) is 10.3 Å². The molecule has 19 heavy (non-hydrogen) atoms. The van der Waals surface area contributed by atoms with Gasteiger partial charge in [0.25, 0.3) is 0 Å². The van der Waals surface area contributed by atoms with E-state index < -0.39 is 0 Å². The van der Waals surface area contributed by atoms with Crippen molar-refractivity contribution in [1.82, 2.24) is 9.97 Å². The molecule has 1 atom stereocenters. The van der Waals surface area contributed by atoms with Crippen LogP contribution in [0.5, 0.6) is 0 Å². The van der Waals surface area contributed by atoms with Crippen LogP contribution in [-0.4, -0.2) is 16.5 Å². The molecule has 0 fully saturated rings. The largest absolute Gasteiger partial charge is 0.329 e. The highest BCUT2D eigenvalue weighted by molar-refractivity contribution is 7.99. The topological polar surface area (TPSA) is 51.8 Å². The summed E-state index contributed by atoms with van der Waals surface area (Å²) in [5.41, 5.74) is 8.13. The minimum Gasteiger partial charge on any atom is -0.329 e. The van der Waals surface area contributed by atoms with E-state index in [2.05, 4.69) is 32.9 Å². The van der Waals surface area contributed by atoms with Crippen molar-refractivity contribution in [3.8, 4) is 0 Å². The maximum atomic E-state index is 5.90. The van der Waals surface area contributed by atoms with Gasteiger partial charge in [0.05, 0.1) is 5.52 Å². The highest BCUT2D eigenvalue weighted by atomic mass is 32.2. The van der Waals surface area contributed by atoms with Gasteiger partial charge in [0.1, 0.15) is 11.4 Å². The Morgan fingerprint density at radius 3 is 2.89 bits per heavy atom. The molecule has 5 heteroatoms. The molecule has 3 nitrogen and oxygen atoms in total. The van der Waals surface area contributed by atoms with E-state index in [1.54, 1.807) is 29.4 Å². The van der Waals surface area contributed by atoms with Crippen LogP contribution < -0.4 is 5.73 Å². The van der Waals surface area contributed by atoms with Crippen molar-refractivity contribution in [3.63, 3.8) is 0 Å². The molecular weight excluding hydrogens is 274 g/mol. The number of nitrogens with zero attached hydrogens (tertiary/aromatic N) is 2. The first-order valence-corrected chi connectivity index (χ1v) is 7.79. The molecule has 0 saturated heterocycles. The Balaban J connectivity index is 1.96. The van der Waals surface area contributed by atoms with E-state index in [0.717, 1.165) is 15.9 Å². The van der Waals surface area contributed by atoms with Crippen molar-refractivity contribution in [1.29, 1.82) is 0 Å². The van der Waals surface area contributed by atoms with Crippen LogP contribution in [0.25, 0.3) is 10.9 Å². The summed E-state index contributed by atoms with van der Waals surface area (Å²) in [7, 11) is 0. The monoisotopic (exact) mass is 287 g/mol. The van der Waals surface area contributed by atoms with E-state index in [9.17, 15) is 0 Å². The maximum absolute atomic E-state index is 5.90. The number of benzene rings is 1. The lowest BCUT2D eigenvalue weighted by Gasteiger charge is -2.13. The van der Waals surface area contributed by atoms with E-state index in [1.807, 2.05) is 18.2 Å². The normalized spacial score (nSPS) is 12.7. The van der Waals surface area contributed by atoms with Crippen LogP contribution in [0.15, 0.2) is 52.4 Å². The molecule has 3 aromatic rings. The van der Waals surface area contributed by atoms with Gasteiger partial charge in [-0.25, -0.2) is 9.97 Å². The highest BCUT2D eigenvalue weighted by Crippen LogP contribution is 2.36. The van der Waals surface area contributed by atoms with E-state index >= 15 is 0 Å². The summed E-state index contributed by atoms with van der Waals surface area (Å²) < 4.78 is 0. The number of rotatable bonds is 4. The standard InChI is InChI=1S/C14H13N3S2/c15-7-13(10-5-6-18-8-10)19-14-11-3-1-2-4-12(11)16-9-17-14/h1-6,8-9,13H,7,15H2. The van der Waals surface area contributed by atoms with Crippen molar-refractivity contribution >= 4 is 34.0 Å². The van der Waals surface area contributed by atoms with Crippen molar-refractivity contribution in [2.75, 3.05) is 6.54 Å². The average Bonchev–Trinajstić information content (AvgIpc) is 2.99. The Labute approximate surface area is 119 Å². The van der Waals surface area contributed by atoms with Crippen LogP contribution >= 0.6 is 23.1 Å². The van der Waals surface area contributed by atoms with Crippen LogP contribution in [-0.2, 0) is 0 Å². The Bertz CT molecular complexity index is 662. The lowest BCUT2D eigenvalue weighted by molar-refractivity contribution is 0.940. The molecule has 1 unspecified atom stereocenters. The third-order valence-electron chi connectivity index (χ3n) is 2.89. The third-order valence-corrected chi connectivity index (χ3v) is 4.89. The van der Waals surface area contributed by atoms with Crippen molar-refractivity contribution < 1.29 is 0 Å². The third kappa shape index (κ3) is 2.63. The average molecular weight is 287 g/mol. The molecule has 0 amide bonds. The summed E-state index contributed by atoms with van der Waals surface area (Å²) >= 11 is 3.40. The molecule has 2 heterocycles. The van der Waals surface area contributed by atoms with Gasteiger partial charge in [0, 0.05) is 17.2 Å². The summed E-state index contributed by atoms with van der Waals surface area (Å²) in [5, 5.41) is 6.55. The zero-order valence-electron chi connectivity index (χ0n) is 10.2. The summed E-state index contributed by atoms with van der Waals surface area (Å²) in [6, 6.07) is 10.2. The number of fused-ring (bicyclic) bond motifs is 1. The van der Waals surface area contributed by atoms with Gasteiger partial charge in [-0.2, -0.15) is 11.3 Å². The number of aromatic nitrogens is 2. The Morgan fingerprint density at radius 2 is 2.11 bits per heavy atom. The fourth-order valence-electron chi connectivity index (χ4n) is 1.92. The molecule has 0 radical (unpaired) electrons. The number of nitrogens with two attached hydrogens (primary N) is 1. The Hall–Kier alpha value is -1.43. The minimum atomic E-state index is 0.240. The van der Waals surface area contributed by atoms with E-state index in [-0.39, 0.29) is 5.25 Å². The van der Waals surface area contributed by atoms with Crippen molar-refractivity contribution in [3.05, 3.63) is 53.0 Å². The molecular formula is C14H13N3S2. The predicted octanol–water partition coefficient (Wildman–Crippen LogP) is 3.48. The zero-order chi connectivity index (χ0) is 13.1. The number of para-hydroxylation sites is 1. The molecule has 0 aliphatic heterocycles. The Morgan fingerprint density at radius 1 is 1.21 bits per heavy atom. The molecule has 2 N–H and O–H groups in total. The molecule has 0 aliphatic rings. The molecule has 3 rings (SSSR count). The number of hydrogen-bond acceptors (Lipinski definition) is 5. The van der Waals surface area contributed by atoms with E-state index in [1.165, 1.54) is 5.56 Å². The van der Waals surface area contributed by atoms with Gasteiger partial charge in [0.15, 0.2) is 0 Å². The Kier molecular flexibility index (Phi) is 3.77. The number of thiophene rings is 1. The first-order valence-electron chi connectivity index (χ1n) is 5.97. The number of hydrogen-bond donors (Lipinski definition) is 1. The van der Waals surface area contributed by atoms with E-state index in [4.69, 9.17) is 5.73 Å². The molecule has 0 aliphatic carbocycles. The molecule has 0 saturated carbocycles. The maximum Gasteiger partial charge on any atom is 0.117 e. The van der Waals surface area contributed by atoms with E-state index in [0.29, 0.717) is 6.54 Å². The zero-order valence-corrected chi connectivity index (χ0v) is 11.8. The van der Waals surface area contributed by atoms with Gasteiger partial charge >= 0.3 is 0 Å².